The van der Waals surface area contributed by atoms with Crippen LogP contribution in [0.5, 0.6) is 5.75 Å². The summed E-state index contributed by atoms with van der Waals surface area (Å²) in [6.07, 6.45) is 0. The van der Waals surface area contributed by atoms with Crippen molar-refractivity contribution in [1.29, 1.82) is 0 Å². The lowest BCUT2D eigenvalue weighted by atomic mass is 10.1. The maximum absolute atomic E-state index is 12.4. The summed E-state index contributed by atoms with van der Waals surface area (Å²) in [5, 5.41) is 9.11. The molecule has 0 aliphatic rings. The number of carboxylic acid groups (broad SMARTS) is 1. The highest BCUT2D eigenvalue weighted by Crippen LogP contribution is 2.28. The van der Waals surface area contributed by atoms with E-state index >= 15 is 0 Å². The number of halogens is 1. The number of sulfonamides is 1. The van der Waals surface area contributed by atoms with E-state index in [9.17, 15) is 13.2 Å². The smallest absolute Gasteiger partial charge is 0.322 e. The number of carboxylic acids is 1. The van der Waals surface area contributed by atoms with Crippen LogP contribution in [0.15, 0.2) is 27.6 Å². The molecule has 0 aliphatic heterocycles. The fraction of sp³-hybridized carbons (Fsp3) is 0.462. The number of hydrogen-bond donors (Lipinski definition) is 2. The van der Waals surface area contributed by atoms with Crippen LogP contribution in [0.4, 0.5) is 0 Å². The van der Waals surface area contributed by atoms with E-state index in [0.717, 1.165) is 0 Å². The van der Waals surface area contributed by atoms with Gasteiger partial charge in [-0.2, -0.15) is 4.72 Å². The molecule has 0 bridgehead atoms. The first kappa shape index (κ1) is 17.9. The summed E-state index contributed by atoms with van der Waals surface area (Å²) in [7, 11) is -4.01. The molecule has 8 heteroatoms. The molecular weight excluding hydrogens is 362 g/mol. The van der Waals surface area contributed by atoms with Crippen molar-refractivity contribution in [1.82, 2.24) is 4.72 Å². The van der Waals surface area contributed by atoms with Crippen LogP contribution in [0.1, 0.15) is 20.8 Å². The van der Waals surface area contributed by atoms with Gasteiger partial charge in [-0.15, -0.1) is 0 Å². The Morgan fingerprint density at radius 2 is 2.05 bits per heavy atom. The summed E-state index contributed by atoms with van der Waals surface area (Å²) in [5.41, 5.74) is 0. The molecule has 2 N–H and O–H groups in total. The molecule has 0 saturated heterocycles. The molecule has 1 unspecified atom stereocenters. The van der Waals surface area contributed by atoms with E-state index in [1.165, 1.54) is 12.1 Å². The first-order chi connectivity index (χ1) is 9.69. The minimum Gasteiger partial charge on any atom is -0.492 e. The predicted octanol–water partition coefficient (Wildman–Crippen LogP) is 2.24. The summed E-state index contributed by atoms with van der Waals surface area (Å²) in [6.45, 7) is 5.30. The average molecular weight is 380 g/mol. The molecular formula is C13H18BrNO5S. The van der Waals surface area contributed by atoms with Crippen molar-refractivity contribution in [3.63, 3.8) is 0 Å². The van der Waals surface area contributed by atoms with Crippen molar-refractivity contribution in [2.24, 2.45) is 5.92 Å². The Labute approximate surface area is 132 Å². The van der Waals surface area contributed by atoms with E-state index in [1.807, 2.05) is 0 Å². The van der Waals surface area contributed by atoms with Gasteiger partial charge in [0.2, 0.25) is 10.0 Å². The highest BCUT2D eigenvalue weighted by atomic mass is 79.9. The van der Waals surface area contributed by atoms with Gasteiger partial charge in [0.15, 0.2) is 0 Å². The fourth-order valence-corrected chi connectivity index (χ4v) is 3.69. The molecule has 0 aromatic heterocycles. The van der Waals surface area contributed by atoms with Gasteiger partial charge in [0, 0.05) is 4.47 Å². The number of rotatable bonds is 7. The van der Waals surface area contributed by atoms with Crippen LogP contribution in [-0.4, -0.2) is 32.1 Å². The lowest BCUT2D eigenvalue weighted by Crippen LogP contribution is -2.44. The SMILES string of the molecule is CCOc1ccc(Br)cc1S(=O)(=O)NC(C(=O)O)C(C)C. The molecule has 0 aliphatic carbocycles. The van der Waals surface area contributed by atoms with E-state index in [4.69, 9.17) is 9.84 Å². The van der Waals surface area contributed by atoms with Gasteiger partial charge in [-0.3, -0.25) is 4.79 Å². The third-order valence-electron chi connectivity index (χ3n) is 2.71. The third-order valence-corrected chi connectivity index (χ3v) is 4.67. The number of carbonyl (C=O) groups is 1. The number of hydrogen-bond acceptors (Lipinski definition) is 4. The number of aliphatic carboxylic acids is 1. The van der Waals surface area contributed by atoms with Gasteiger partial charge < -0.3 is 9.84 Å². The molecule has 118 valence electrons. The Bertz CT molecular complexity index is 615. The van der Waals surface area contributed by atoms with Gasteiger partial charge in [0.1, 0.15) is 16.7 Å². The number of benzene rings is 1. The van der Waals surface area contributed by atoms with Crippen molar-refractivity contribution in [2.75, 3.05) is 6.61 Å². The zero-order chi connectivity index (χ0) is 16.2. The molecule has 0 radical (unpaired) electrons. The Hall–Kier alpha value is -1.12. The van der Waals surface area contributed by atoms with Crippen LogP contribution >= 0.6 is 15.9 Å². The summed E-state index contributed by atoms with van der Waals surface area (Å²) in [4.78, 5) is 11.1. The van der Waals surface area contributed by atoms with Gasteiger partial charge in [-0.25, -0.2) is 8.42 Å². The molecule has 1 aromatic rings. The summed E-state index contributed by atoms with van der Waals surface area (Å²) < 4.78 is 32.9. The van der Waals surface area contributed by atoms with Crippen LogP contribution in [0.3, 0.4) is 0 Å². The minimum atomic E-state index is -4.01. The largest absolute Gasteiger partial charge is 0.492 e. The van der Waals surface area contributed by atoms with E-state index in [-0.39, 0.29) is 16.6 Å². The van der Waals surface area contributed by atoms with Crippen molar-refractivity contribution in [2.45, 2.75) is 31.7 Å². The van der Waals surface area contributed by atoms with Crippen LogP contribution in [-0.2, 0) is 14.8 Å². The molecule has 1 aromatic carbocycles. The Morgan fingerprint density at radius 3 is 2.52 bits per heavy atom. The monoisotopic (exact) mass is 379 g/mol. The maximum atomic E-state index is 12.4. The quantitative estimate of drug-likeness (QED) is 0.757. The predicted molar refractivity (Wildman–Crippen MR) is 81.9 cm³/mol. The molecule has 0 saturated carbocycles. The first-order valence-corrected chi connectivity index (χ1v) is 8.64. The Morgan fingerprint density at radius 1 is 1.43 bits per heavy atom. The van der Waals surface area contributed by atoms with Crippen LogP contribution in [0.25, 0.3) is 0 Å². The second kappa shape index (κ2) is 7.24. The zero-order valence-corrected chi connectivity index (χ0v) is 14.4. The molecule has 0 fully saturated rings. The molecule has 0 amide bonds. The minimum absolute atomic E-state index is 0.0920. The Balaban J connectivity index is 3.24. The van der Waals surface area contributed by atoms with Crippen molar-refractivity contribution < 1.29 is 23.1 Å². The number of ether oxygens (including phenoxy) is 1. The number of nitrogens with one attached hydrogen (secondary N) is 1. The van der Waals surface area contributed by atoms with Crippen LogP contribution in [0, 0.1) is 5.92 Å². The average Bonchev–Trinajstić information content (AvgIpc) is 2.37. The standard InChI is InChI=1S/C13H18BrNO5S/c1-4-20-10-6-5-9(14)7-11(10)21(18,19)15-12(8(2)3)13(16)17/h5-8,12,15H,4H2,1-3H3,(H,16,17). The second-order valence-corrected chi connectivity index (χ2v) is 7.30. The summed E-state index contributed by atoms with van der Waals surface area (Å²) in [6, 6.07) is 3.35. The van der Waals surface area contributed by atoms with Crippen molar-refractivity contribution in [3.05, 3.63) is 22.7 Å². The van der Waals surface area contributed by atoms with Gasteiger partial charge in [-0.05, 0) is 31.0 Å². The maximum Gasteiger partial charge on any atom is 0.322 e. The highest BCUT2D eigenvalue weighted by molar-refractivity contribution is 9.10. The normalized spacial score (nSPS) is 13.2. The second-order valence-electron chi connectivity index (χ2n) is 4.71. The molecule has 0 spiro atoms. The van der Waals surface area contributed by atoms with E-state index in [2.05, 4.69) is 20.7 Å². The summed E-state index contributed by atoms with van der Waals surface area (Å²) in [5.74, 6) is -1.43. The van der Waals surface area contributed by atoms with E-state index in [0.29, 0.717) is 11.1 Å². The van der Waals surface area contributed by atoms with E-state index < -0.39 is 22.0 Å². The molecule has 1 atom stereocenters. The van der Waals surface area contributed by atoms with E-state index in [1.54, 1.807) is 26.8 Å². The summed E-state index contributed by atoms with van der Waals surface area (Å²) >= 11 is 3.20. The molecule has 0 heterocycles. The molecule has 1 rings (SSSR count). The molecule has 6 nitrogen and oxygen atoms in total. The topological polar surface area (TPSA) is 92.7 Å². The lowest BCUT2D eigenvalue weighted by Gasteiger charge is -2.19. The van der Waals surface area contributed by atoms with Gasteiger partial charge >= 0.3 is 5.97 Å². The van der Waals surface area contributed by atoms with Gasteiger partial charge in [0.25, 0.3) is 0 Å². The van der Waals surface area contributed by atoms with Crippen LogP contribution < -0.4 is 9.46 Å². The van der Waals surface area contributed by atoms with Gasteiger partial charge in [0.05, 0.1) is 6.61 Å². The van der Waals surface area contributed by atoms with Crippen molar-refractivity contribution >= 4 is 31.9 Å². The van der Waals surface area contributed by atoms with Crippen LogP contribution in [0.2, 0.25) is 0 Å². The van der Waals surface area contributed by atoms with Gasteiger partial charge in [-0.1, -0.05) is 29.8 Å². The lowest BCUT2D eigenvalue weighted by molar-refractivity contribution is -0.140. The highest BCUT2D eigenvalue weighted by Gasteiger charge is 2.30. The van der Waals surface area contributed by atoms with Crippen molar-refractivity contribution in [3.8, 4) is 5.75 Å². The molecule has 21 heavy (non-hydrogen) atoms. The third kappa shape index (κ3) is 4.69. The Kier molecular flexibility index (Phi) is 6.18. The first-order valence-electron chi connectivity index (χ1n) is 6.36. The zero-order valence-electron chi connectivity index (χ0n) is 12.0. The fourth-order valence-electron chi connectivity index (χ4n) is 1.67.